The summed E-state index contributed by atoms with van der Waals surface area (Å²) in [6, 6.07) is 5.18. The molecule has 1 aromatic heterocycles. The van der Waals surface area contributed by atoms with Gasteiger partial charge in [0.1, 0.15) is 13.2 Å². The monoisotopic (exact) mass is 329 g/mol. The van der Waals surface area contributed by atoms with E-state index in [-0.39, 0.29) is 11.9 Å². The molecule has 0 N–H and O–H groups in total. The topological polar surface area (TPSA) is 77.7 Å². The van der Waals surface area contributed by atoms with Crippen molar-refractivity contribution in [2.45, 2.75) is 32.2 Å². The van der Waals surface area contributed by atoms with E-state index < -0.39 is 0 Å². The van der Waals surface area contributed by atoms with E-state index in [2.05, 4.69) is 10.1 Å². The van der Waals surface area contributed by atoms with Crippen LogP contribution in [0.15, 0.2) is 22.7 Å². The maximum atomic E-state index is 12.9. The fraction of sp³-hybridized carbons (Fsp3) is 0.471. The Kier molecular flexibility index (Phi) is 3.84. The molecule has 0 saturated carbocycles. The van der Waals surface area contributed by atoms with E-state index >= 15 is 0 Å². The number of hydrogen-bond donors (Lipinski definition) is 0. The van der Waals surface area contributed by atoms with Crippen molar-refractivity contribution in [3.8, 4) is 11.5 Å². The molecule has 1 saturated heterocycles. The molecule has 0 bridgehead atoms. The zero-order valence-corrected chi connectivity index (χ0v) is 13.5. The van der Waals surface area contributed by atoms with Gasteiger partial charge < -0.3 is 18.9 Å². The highest BCUT2D eigenvalue weighted by Gasteiger charge is 2.34. The molecule has 2 aliphatic heterocycles. The molecule has 7 heteroatoms. The molecule has 4 rings (SSSR count). The quantitative estimate of drug-likeness (QED) is 0.860. The first-order chi connectivity index (χ1) is 11.8. The van der Waals surface area contributed by atoms with Gasteiger partial charge >= 0.3 is 0 Å². The summed E-state index contributed by atoms with van der Waals surface area (Å²) >= 11 is 0. The predicted molar refractivity (Wildman–Crippen MR) is 84.1 cm³/mol. The molecule has 7 nitrogen and oxygen atoms in total. The highest BCUT2D eigenvalue weighted by molar-refractivity contribution is 5.95. The smallest absolute Gasteiger partial charge is 0.254 e. The molecule has 1 amide bonds. The van der Waals surface area contributed by atoms with E-state index in [9.17, 15) is 4.79 Å². The van der Waals surface area contributed by atoms with Gasteiger partial charge in [0.15, 0.2) is 17.3 Å². The average molecular weight is 329 g/mol. The minimum atomic E-state index is -0.130. The largest absolute Gasteiger partial charge is 0.486 e. The van der Waals surface area contributed by atoms with Crippen LogP contribution in [0, 0.1) is 0 Å². The average Bonchev–Trinajstić information content (AvgIpc) is 3.29. The Balaban J connectivity index is 1.58. The summed E-state index contributed by atoms with van der Waals surface area (Å²) in [6.45, 7) is 3.68. The lowest BCUT2D eigenvalue weighted by Gasteiger charge is -2.23. The number of fused-ring (bicyclic) bond motifs is 1. The van der Waals surface area contributed by atoms with Crippen molar-refractivity contribution in [1.29, 1.82) is 0 Å². The van der Waals surface area contributed by atoms with Crippen molar-refractivity contribution < 1.29 is 18.8 Å². The molecule has 2 aromatic rings. The second kappa shape index (κ2) is 6.14. The van der Waals surface area contributed by atoms with Gasteiger partial charge in [-0.3, -0.25) is 4.79 Å². The number of amides is 1. The Morgan fingerprint density at radius 1 is 1.29 bits per heavy atom. The van der Waals surface area contributed by atoms with Crippen LogP contribution in [0.5, 0.6) is 11.5 Å². The molecule has 126 valence electrons. The highest BCUT2D eigenvalue weighted by atomic mass is 16.6. The molecular formula is C17H19N3O4. The van der Waals surface area contributed by atoms with Crippen LogP contribution >= 0.6 is 0 Å². The van der Waals surface area contributed by atoms with Crippen molar-refractivity contribution in [3.05, 3.63) is 35.5 Å². The van der Waals surface area contributed by atoms with E-state index in [1.165, 1.54) is 0 Å². The van der Waals surface area contributed by atoms with E-state index in [0.29, 0.717) is 55.0 Å². The molecule has 24 heavy (non-hydrogen) atoms. The molecule has 1 fully saturated rings. The number of benzene rings is 1. The Hall–Kier alpha value is -2.57. The first-order valence-corrected chi connectivity index (χ1v) is 8.29. The number of aromatic nitrogens is 2. The van der Waals surface area contributed by atoms with Crippen molar-refractivity contribution in [1.82, 2.24) is 15.0 Å². The number of ether oxygens (including phenoxy) is 2. The summed E-state index contributed by atoms with van der Waals surface area (Å²) in [4.78, 5) is 19.1. The van der Waals surface area contributed by atoms with Crippen LogP contribution in [0.25, 0.3) is 0 Å². The number of aryl methyl sites for hydroxylation is 1. The number of likely N-dealkylation sites (tertiary alicyclic amines) is 1. The lowest BCUT2D eigenvalue weighted by atomic mass is 10.1. The second-order valence-corrected chi connectivity index (χ2v) is 5.91. The Bertz CT molecular complexity index is 758. The van der Waals surface area contributed by atoms with Crippen LogP contribution in [0.1, 0.15) is 47.9 Å². The van der Waals surface area contributed by atoms with Gasteiger partial charge in [-0.2, -0.15) is 4.98 Å². The van der Waals surface area contributed by atoms with Crippen LogP contribution < -0.4 is 9.47 Å². The summed E-state index contributed by atoms with van der Waals surface area (Å²) < 4.78 is 16.3. The maximum Gasteiger partial charge on any atom is 0.254 e. The molecule has 0 unspecified atom stereocenters. The van der Waals surface area contributed by atoms with Crippen LogP contribution in [0.3, 0.4) is 0 Å². The third-order valence-corrected chi connectivity index (χ3v) is 4.39. The summed E-state index contributed by atoms with van der Waals surface area (Å²) in [5.74, 6) is 2.45. The van der Waals surface area contributed by atoms with Crippen molar-refractivity contribution >= 4 is 5.91 Å². The summed E-state index contributed by atoms with van der Waals surface area (Å²) in [7, 11) is 0. The summed E-state index contributed by atoms with van der Waals surface area (Å²) in [5, 5.41) is 4.04. The van der Waals surface area contributed by atoms with Crippen LogP contribution in [0.2, 0.25) is 0 Å². The predicted octanol–water partition coefficient (Wildman–Crippen LogP) is 2.38. The van der Waals surface area contributed by atoms with Gasteiger partial charge in [-0.25, -0.2) is 0 Å². The summed E-state index contributed by atoms with van der Waals surface area (Å²) in [5.41, 5.74) is 0.588. The zero-order valence-electron chi connectivity index (χ0n) is 13.5. The molecule has 3 heterocycles. The fourth-order valence-corrected chi connectivity index (χ4v) is 3.17. The maximum absolute atomic E-state index is 12.9. The number of carbonyl (C=O) groups is 1. The van der Waals surface area contributed by atoms with E-state index in [4.69, 9.17) is 14.0 Å². The molecule has 1 aromatic carbocycles. The van der Waals surface area contributed by atoms with Gasteiger partial charge in [0, 0.05) is 18.5 Å². The van der Waals surface area contributed by atoms with Gasteiger partial charge in [0.2, 0.25) is 5.89 Å². The van der Waals surface area contributed by atoms with Crippen molar-refractivity contribution in [2.24, 2.45) is 0 Å². The number of hydrogen-bond acceptors (Lipinski definition) is 6. The molecule has 0 aliphatic carbocycles. The summed E-state index contributed by atoms with van der Waals surface area (Å²) in [6.07, 6.45) is 2.46. The Morgan fingerprint density at radius 3 is 2.92 bits per heavy atom. The molecule has 2 aliphatic rings. The highest BCUT2D eigenvalue weighted by Crippen LogP contribution is 2.34. The third-order valence-electron chi connectivity index (χ3n) is 4.39. The Morgan fingerprint density at radius 2 is 2.12 bits per heavy atom. The molecule has 1 atom stereocenters. The van der Waals surface area contributed by atoms with Gasteiger partial charge in [-0.05, 0) is 31.0 Å². The van der Waals surface area contributed by atoms with Crippen LogP contribution in [0.4, 0.5) is 0 Å². The molecule has 0 radical (unpaired) electrons. The first kappa shape index (κ1) is 15.0. The van der Waals surface area contributed by atoms with E-state index in [0.717, 1.165) is 12.8 Å². The van der Waals surface area contributed by atoms with Crippen LogP contribution in [-0.4, -0.2) is 40.7 Å². The van der Waals surface area contributed by atoms with Crippen molar-refractivity contribution in [2.75, 3.05) is 19.8 Å². The Labute approximate surface area is 139 Å². The minimum absolute atomic E-state index is 0.0441. The number of rotatable bonds is 3. The van der Waals surface area contributed by atoms with Crippen molar-refractivity contribution in [3.63, 3.8) is 0 Å². The number of nitrogens with zero attached hydrogens (tertiary/aromatic N) is 3. The van der Waals surface area contributed by atoms with Gasteiger partial charge in [-0.15, -0.1) is 0 Å². The fourth-order valence-electron chi connectivity index (χ4n) is 3.17. The van der Waals surface area contributed by atoms with E-state index in [1.807, 2.05) is 11.8 Å². The SMILES string of the molecule is CCc1nc([C@H]2CCCN2C(=O)c2ccc3c(c2)OCCO3)no1. The molecule has 0 spiro atoms. The van der Waals surface area contributed by atoms with Crippen LogP contribution in [-0.2, 0) is 6.42 Å². The third kappa shape index (κ3) is 2.60. The zero-order chi connectivity index (χ0) is 16.5. The lowest BCUT2D eigenvalue weighted by molar-refractivity contribution is 0.0727. The second-order valence-electron chi connectivity index (χ2n) is 5.91. The lowest BCUT2D eigenvalue weighted by Crippen LogP contribution is -2.31. The first-order valence-electron chi connectivity index (χ1n) is 8.29. The standard InChI is InChI=1S/C17H19N3O4/c1-2-15-18-16(19-24-15)12-4-3-7-20(12)17(21)11-5-6-13-14(10-11)23-9-8-22-13/h5-6,10,12H,2-4,7-9H2,1H3/t12-/m1/s1. The number of carbonyl (C=O) groups excluding carboxylic acids is 1. The molecular weight excluding hydrogens is 310 g/mol. The van der Waals surface area contributed by atoms with Gasteiger partial charge in [0.05, 0.1) is 6.04 Å². The van der Waals surface area contributed by atoms with E-state index in [1.54, 1.807) is 18.2 Å². The normalized spacial score (nSPS) is 19.5. The van der Waals surface area contributed by atoms with Gasteiger partial charge in [-0.1, -0.05) is 12.1 Å². The minimum Gasteiger partial charge on any atom is -0.486 e. The van der Waals surface area contributed by atoms with Gasteiger partial charge in [0.25, 0.3) is 5.91 Å².